The second kappa shape index (κ2) is 4.20. The molecule has 1 aromatic rings. The molecule has 1 aliphatic rings. The van der Waals surface area contributed by atoms with Crippen molar-refractivity contribution in [2.75, 3.05) is 18.8 Å². The lowest BCUT2D eigenvalue weighted by molar-refractivity contribution is -0.135. The van der Waals surface area contributed by atoms with Crippen LogP contribution in [0.15, 0.2) is 18.2 Å². The number of carbonyl (C=O) groups excluding carboxylic acids is 3. The Balaban J connectivity index is 2.20. The number of pyridine rings is 1. The first kappa shape index (κ1) is 11.1. The molecule has 7 nitrogen and oxygen atoms in total. The molecule has 88 valence electrons. The van der Waals surface area contributed by atoms with E-state index in [2.05, 4.69) is 10.3 Å². The van der Waals surface area contributed by atoms with Gasteiger partial charge in [-0.2, -0.15) is 0 Å². The Hall–Kier alpha value is -2.44. The van der Waals surface area contributed by atoms with E-state index in [1.807, 2.05) is 0 Å². The van der Waals surface area contributed by atoms with E-state index in [9.17, 15) is 14.4 Å². The van der Waals surface area contributed by atoms with Crippen LogP contribution in [0.3, 0.4) is 0 Å². The smallest absolute Gasteiger partial charge is 0.273 e. The van der Waals surface area contributed by atoms with Crippen LogP contribution in [0.5, 0.6) is 0 Å². The van der Waals surface area contributed by atoms with Gasteiger partial charge >= 0.3 is 0 Å². The van der Waals surface area contributed by atoms with Crippen LogP contribution < -0.4 is 11.1 Å². The molecule has 0 unspecified atom stereocenters. The van der Waals surface area contributed by atoms with Gasteiger partial charge in [-0.3, -0.25) is 19.7 Å². The summed E-state index contributed by atoms with van der Waals surface area (Å²) in [6.07, 6.45) is 0. The van der Waals surface area contributed by atoms with Crippen molar-refractivity contribution in [3.63, 3.8) is 0 Å². The van der Waals surface area contributed by atoms with Crippen molar-refractivity contribution in [3.05, 3.63) is 23.9 Å². The number of carbonyl (C=O) groups is 3. The summed E-state index contributed by atoms with van der Waals surface area (Å²) in [5.41, 5.74) is 5.57. The van der Waals surface area contributed by atoms with Crippen LogP contribution in [0, 0.1) is 0 Å². The summed E-state index contributed by atoms with van der Waals surface area (Å²) >= 11 is 0. The zero-order valence-electron chi connectivity index (χ0n) is 8.84. The molecule has 1 saturated heterocycles. The molecule has 1 aromatic heterocycles. The molecule has 2 rings (SSSR count). The highest BCUT2D eigenvalue weighted by Gasteiger charge is 2.27. The normalized spacial score (nSPS) is 15.6. The summed E-state index contributed by atoms with van der Waals surface area (Å²) in [5.74, 6) is -1.28. The van der Waals surface area contributed by atoms with E-state index >= 15 is 0 Å². The number of imide groups is 1. The standard InChI is InChI=1S/C10H10N4O3/c11-7-3-1-2-6(12-7)10(17)14-4-8(15)13-9(16)5-14/h1-3H,4-5H2,(H2,11,12)(H,13,15,16). The van der Waals surface area contributed by atoms with Crippen LogP contribution in [0.2, 0.25) is 0 Å². The van der Waals surface area contributed by atoms with E-state index < -0.39 is 17.7 Å². The Labute approximate surface area is 96.6 Å². The van der Waals surface area contributed by atoms with Gasteiger partial charge in [0.2, 0.25) is 11.8 Å². The number of rotatable bonds is 1. The molecule has 0 saturated carbocycles. The zero-order chi connectivity index (χ0) is 12.4. The molecule has 3 N–H and O–H groups in total. The minimum Gasteiger partial charge on any atom is -0.384 e. The van der Waals surface area contributed by atoms with E-state index in [0.29, 0.717) is 0 Å². The second-order valence-corrected chi connectivity index (χ2v) is 3.58. The van der Waals surface area contributed by atoms with Gasteiger partial charge in [0.25, 0.3) is 5.91 Å². The van der Waals surface area contributed by atoms with Crippen LogP contribution in [-0.2, 0) is 9.59 Å². The van der Waals surface area contributed by atoms with Crippen molar-refractivity contribution in [2.24, 2.45) is 0 Å². The minimum absolute atomic E-state index is 0.118. The van der Waals surface area contributed by atoms with E-state index in [0.717, 1.165) is 4.90 Å². The molecule has 7 heteroatoms. The van der Waals surface area contributed by atoms with Crippen molar-refractivity contribution >= 4 is 23.5 Å². The lowest BCUT2D eigenvalue weighted by Gasteiger charge is -2.24. The molecule has 17 heavy (non-hydrogen) atoms. The maximum atomic E-state index is 11.9. The second-order valence-electron chi connectivity index (χ2n) is 3.58. The molecule has 0 radical (unpaired) electrons. The Morgan fingerprint density at radius 1 is 1.29 bits per heavy atom. The summed E-state index contributed by atoms with van der Waals surface area (Å²) in [5, 5.41) is 2.11. The zero-order valence-corrected chi connectivity index (χ0v) is 8.84. The van der Waals surface area contributed by atoms with E-state index in [4.69, 9.17) is 5.73 Å². The van der Waals surface area contributed by atoms with Gasteiger partial charge in [0, 0.05) is 0 Å². The molecular weight excluding hydrogens is 224 g/mol. The summed E-state index contributed by atoms with van der Waals surface area (Å²) < 4.78 is 0. The first-order valence-electron chi connectivity index (χ1n) is 4.91. The van der Waals surface area contributed by atoms with E-state index in [-0.39, 0.29) is 24.6 Å². The number of nitrogens with two attached hydrogens (primary N) is 1. The van der Waals surface area contributed by atoms with Crippen molar-refractivity contribution in [3.8, 4) is 0 Å². The Bertz CT molecular complexity index is 484. The maximum absolute atomic E-state index is 11.9. The lowest BCUT2D eigenvalue weighted by Crippen LogP contribution is -2.53. The third-order valence-corrected chi connectivity index (χ3v) is 2.22. The van der Waals surface area contributed by atoms with Crippen LogP contribution in [0.25, 0.3) is 0 Å². The fourth-order valence-electron chi connectivity index (χ4n) is 1.51. The molecule has 0 aliphatic carbocycles. The van der Waals surface area contributed by atoms with Crippen LogP contribution >= 0.6 is 0 Å². The van der Waals surface area contributed by atoms with Crippen LogP contribution in [0.4, 0.5) is 5.82 Å². The molecule has 0 bridgehead atoms. The predicted octanol–water partition coefficient (Wildman–Crippen LogP) is -1.24. The number of aromatic nitrogens is 1. The first-order valence-corrected chi connectivity index (χ1v) is 4.91. The fraction of sp³-hybridized carbons (Fsp3) is 0.200. The Kier molecular flexibility index (Phi) is 2.73. The molecule has 1 fully saturated rings. The SMILES string of the molecule is Nc1cccc(C(=O)N2CC(=O)NC(=O)C2)n1. The Morgan fingerprint density at radius 2 is 1.94 bits per heavy atom. The van der Waals surface area contributed by atoms with E-state index in [1.165, 1.54) is 6.07 Å². The molecule has 3 amide bonds. The molecule has 2 heterocycles. The topological polar surface area (TPSA) is 105 Å². The maximum Gasteiger partial charge on any atom is 0.273 e. The molecule has 0 spiro atoms. The van der Waals surface area contributed by atoms with E-state index in [1.54, 1.807) is 12.1 Å². The number of anilines is 1. The number of nitrogens with zero attached hydrogens (tertiary/aromatic N) is 2. The van der Waals surface area contributed by atoms with Gasteiger partial charge in [-0.15, -0.1) is 0 Å². The number of hydrogen-bond acceptors (Lipinski definition) is 5. The van der Waals surface area contributed by atoms with Gasteiger partial charge in [0.1, 0.15) is 24.6 Å². The fourth-order valence-corrected chi connectivity index (χ4v) is 1.51. The third kappa shape index (κ3) is 2.39. The monoisotopic (exact) mass is 234 g/mol. The van der Waals surface area contributed by atoms with Crippen LogP contribution in [-0.4, -0.2) is 40.7 Å². The number of hydrogen-bond donors (Lipinski definition) is 2. The molecular formula is C10H10N4O3. The number of nitrogen functional groups attached to an aromatic ring is 1. The summed E-state index contributed by atoms with van der Waals surface area (Å²) in [6, 6.07) is 4.61. The highest BCUT2D eigenvalue weighted by molar-refractivity contribution is 6.05. The van der Waals surface area contributed by atoms with Crippen molar-refractivity contribution in [1.82, 2.24) is 15.2 Å². The number of amides is 3. The van der Waals surface area contributed by atoms with Gasteiger partial charge in [-0.25, -0.2) is 4.98 Å². The van der Waals surface area contributed by atoms with Gasteiger partial charge in [0.15, 0.2) is 0 Å². The van der Waals surface area contributed by atoms with Crippen LogP contribution in [0.1, 0.15) is 10.5 Å². The highest BCUT2D eigenvalue weighted by atomic mass is 16.2. The predicted molar refractivity (Wildman–Crippen MR) is 57.7 cm³/mol. The van der Waals surface area contributed by atoms with Gasteiger partial charge in [-0.05, 0) is 12.1 Å². The summed E-state index contributed by atoms with van der Waals surface area (Å²) in [6.45, 7) is -0.303. The third-order valence-electron chi connectivity index (χ3n) is 2.22. The average Bonchev–Trinajstić information content (AvgIpc) is 2.26. The summed E-state index contributed by atoms with van der Waals surface area (Å²) in [7, 11) is 0. The van der Waals surface area contributed by atoms with Gasteiger partial charge in [0.05, 0.1) is 0 Å². The molecule has 0 aromatic carbocycles. The first-order chi connectivity index (χ1) is 8.06. The average molecular weight is 234 g/mol. The highest BCUT2D eigenvalue weighted by Crippen LogP contribution is 2.06. The number of piperazine rings is 1. The number of nitrogens with one attached hydrogen (secondary N) is 1. The Morgan fingerprint density at radius 3 is 2.53 bits per heavy atom. The van der Waals surface area contributed by atoms with Crippen molar-refractivity contribution in [1.29, 1.82) is 0 Å². The summed E-state index contributed by atoms with van der Waals surface area (Å²) in [4.78, 5) is 39.1. The molecule has 1 aliphatic heterocycles. The van der Waals surface area contributed by atoms with Crippen molar-refractivity contribution < 1.29 is 14.4 Å². The van der Waals surface area contributed by atoms with Crippen molar-refractivity contribution in [2.45, 2.75) is 0 Å². The molecule has 0 atom stereocenters. The minimum atomic E-state index is -0.501. The lowest BCUT2D eigenvalue weighted by atomic mass is 10.2. The van der Waals surface area contributed by atoms with Gasteiger partial charge < -0.3 is 10.6 Å². The van der Waals surface area contributed by atoms with Gasteiger partial charge in [-0.1, -0.05) is 6.07 Å². The quantitative estimate of drug-likeness (QED) is 0.591. The largest absolute Gasteiger partial charge is 0.384 e.